The standard InChI is InChI=1S/C24H24Cl2N4O7/c1-4-36-23(33)20-12(2)28-24(34)29-21(20)13-5-6-17(18(8-13)35-3)37-11-19(31)30-27-10-14-7-15(25)9-16(26)22(14)32/h5-10,21,32H,4,11H2,1-3H3,(H,30,31)(H2,28,29,34)/b27-10-/t21-/m0/s1. The highest BCUT2D eigenvalue weighted by atomic mass is 35.5. The number of carbonyl (C=O) groups is 3. The van der Waals surface area contributed by atoms with Gasteiger partial charge < -0.3 is 30.0 Å². The van der Waals surface area contributed by atoms with Gasteiger partial charge in [0.15, 0.2) is 18.1 Å². The van der Waals surface area contributed by atoms with Crippen molar-refractivity contribution < 1.29 is 33.7 Å². The molecule has 2 aromatic rings. The number of phenols is 1. The molecule has 3 amide bonds. The Morgan fingerprint density at radius 3 is 2.68 bits per heavy atom. The molecule has 1 heterocycles. The molecule has 11 nitrogen and oxygen atoms in total. The number of allylic oxidation sites excluding steroid dienone is 1. The minimum absolute atomic E-state index is 0.0447. The first-order valence-electron chi connectivity index (χ1n) is 10.9. The van der Waals surface area contributed by atoms with Gasteiger partial charge in [0.05, 0.1) is 36.6 Å². The van der Waals surface area contributed by atoms with E-state index in [1.807, 2.05) is 0 Å². The summed E-state index contributed by atoms with van der Waals surface area (Å²) in [5.74, 6) is -0.887. The van der Waals surface area contributed by atoms with Crippen molar-refractivity contribution in [1.29, 1.82) is 0 Å². The summed E-state index contributed by atoms with van der Waals surface area (Å²) in [7, 11) is 1.41. The van der Waals surface area contributed by atoms with Gasteiger partial charge >= 0.3 is 12.0 Å². The summed E-state index contributed by atoms with van der Waals surface area (Å²) in [5.41, 5.74) is 3.64. The highest BCUT2D eigenvalue weighted by molar-refractivity contribution is 6.36. The van der Waals surface area contributed by atoms with Crippen molar-refractivity contribution in [2.45, 2.75) is 19.9 Å². The number of halogens is 2. The molecule has 0 spiro atoms. The molecule has 0 aliphatic carbocycles. The molecule has 0 aromatic heterocycles. The van der Waals surface area contributed by atoms with Crippen molar-refractivity contribution in [3.63, 3.8) is 0 Å². The van der Waals surface area contributed by atoms with Crippen LogP contribution >= 0.6 is 23.2 Å². The number of urea groups is 1. The number of phenolic OH excluding ortho intramolecular Hbond substituents is 1. The Balaban J connectivity index is 1.70. The quantitative estimate of drug-likeness (QED) is 0.212. The fraction of sp³-hybridized carbons (Fsp3) is 0.250. The average Bonchev–Trinajstić information content (AvgIpc) is 2.85. The molecule has 1 aliphatic rings. The lowest BCUT2D eigenvalue weighted by atomic mass is 9.95. The molecule has 3 rings (SSSR count). The predicted octanol–water partition coefficient (Wildman–Crippen LogP) is 3.43. The first-order chi connectivity index (χ1) is 17.6. The van der Waals surface area contributed by atoms with E-state index in [2.05, 4.69) is 21.2 Å². The van der Waals surface area contributed by atoms with E-state index in [9.17, 15) is 19.5 Å². The van der Waals surface area contributed by atoms with Gasteiger partial charge in [-0.05, 0) is 43.7 Å². The van der Waals surface area contributed by atoms with Crippen LogP contribution in [0.2, 0.25) is 10.0 Å². The highest BCUT2D eigenvalue weighted by Crippen LogP contribution is 2.34. The summed E-state index contributed by atoms with van der Waals surface area (Å²) >= 11 is 11.8. The van der Waals surface area contributed by atoms with E-state index in [1.54, 1.807) is 32.0 Å². The first-order valence-corrected chi connectivity index (χ1v) is 11.7. The van der Waals surface area contributed by atoms with Crippen molar-refractivity contribution in [3.8, 4) is 17.2 Å². The fourth-order valence-electron chi connectivity index (χ4n) is 3.44. The van der Waals surface area contributed by atoms with E-state index in [0.29, 0.717) is 16.3 Å². The van der Waals surface area contributed by atoms with Crippen LogP contribution in [-0.4, -0.2) is 49.6 Å². The van der Waals surface area contributed by atoms with Gasteiger partial charge in [0.25, 0.3) is 5.91 Å². The molecule has 13 heteroatoms. The third-order valence-electron chi connectivity index (χ3n) is 5.09. The normalized spacial score (nSPS) is 15.2. The van der Waals surface area contributed by atoms with E-state index in [0.717, 1.165) is 0 Å². The Morgan fingerprint density at radius 2 is 1.97 bits per heavy atom. The van der Waals surface area contributed by atoms with Crippen molar-refractivity contribution in [2.24, 2.45) is 5.10 Å². The van der Waals surface area contributed by atoms with Crippen LogP contribution in [0.4, 0.5) is 4.79 Å². The number of rotatable bonds is 9. The zero-order valence-corrected chi connectivity index (χ0v) is 21.6. The zero-order chi connectivity index (χ0) is 27.1. The number of hydrazone groups is 1. The van der Waals surface area contributed by atoms with E-state index < -0.39 is 30.6 Å². The number of aromatic hydroxyl groups is 1. The zero-order valence-electron chi connectivity index (χ0n) is 20.1. The summed E-state index contributed by atoms with van der Waals surface area (Å²) in [6.45, 7) is 3.06. The van der Waals surface area contributed by atoms with Crippen molar-refractivity contribution in [1.82, 2.24) is 16.1 Å². The van der Waals surface area contributed by atoms with E-state index in [-0.39, 0.29) is 40.0 Å². The summed E-state index contributed by atoms with van der Waals surface area (Å²) in [4.78, 5) is 36.8. The van der Waals surface area contributed by atoms with Crippen LogP contribution in [0.5, 0.6) is 17.2 Å². The summed E-state index contributed by atoms with van der Waals surface area (Å²) in [6.07, 6.45) is 1.18. The van der Waals surface area contributed by atoms with Crippen LogP contribution in [0.1, 0.15) is 31.0 Å². The Bertz CT molecular complexity index is 1280. The van der Waals surface area contributed by atoms with Gasteiger partial charge in [-0.1, -0.05) is 29.3 Å². The maximum Gasteiger partial charge on any atom is 0.338 e. The van der Waals surface area contributed by atoms with Gasteiger partial charge in [-0.25, -0.2) is 15.0 Å². The van der Waals surface area contributed by atoms with Crippen molar-refractivity contribution in [3.05, 3.63) is 62.8 Å². The third kappa shape index (κ3) is 6.83. The number of nitrogens with one attached hydrogen (secondary N) is 3. The number of amides is 3. The minimum atomic E-state index is -0.787. The topological polar surface area (TPSA) is 148 Å². The Morgan fingerprint density at radius 1 is 1.22 bits per heavy atom. The molecule has 0 saturated heterocycles. The Kier molecular flexibility index (Phi) is 9.20. The second-order valence-electron chi connectivity index (χ2n) is 7.61. The molecule has 1 atom stereocenters. The smallest absolute Gasteiger partial charge is 0.338 e. The van der Waals surface area contributed by atoms with Crippen LogP contribution in [0, 0.1) is 0 Å². The largest absolute Gasteiger partial charge is 0.506 e. The van der Waals surface area contributed by atoms with Gasteiger partial charge in [0.2, 0.25) is 0 Å². The molecule has 1 aliphatic heterocycles. The van der Waals surface area contributed by atoms with Crippen molar-refractivity contribution >= 4 is 47.3 Å². The van der Waals surface area contributed by atoms with E-state index in [1.165, 1.54) is 25.5 Å². The number of esters is 1. The highest BCUT2D eigenvalue weighted by Gasteiger charge is 2.32. The maximum absolute atomic E-state index is 12.5. The molecule has 196 valence electrons. The van der Waals surface area contributed by atoms with Gasteiger partial charge in [-0.15, -0.1) is 0 Å². The van der Waals surface area contributed by atoms with Crippen molar-refractivity contribution in [2.75, 3.05) is 20.3 Å². The summed E-state index contributed by atoms with van der Waals surface area (Å²) in [6, 6.07) is 6.29. The molecule has 0 fully saturated rings. The van der Waals surface area contributed by atoms with Crippen LogP contribution in [-0.2, 0) is 14.3 Å². The van der Waals surface area contributed by atoms with Crippen LogP contribution < -0.4 is 25.5 Å². The molecular weight excluding hydrogens is 527 g/mol. The number of nitrogens with zero attached hydrogens (tertiary/aromatic N) is 1. The lowest BCUT2D eigenvalue weighted by Gasteiger charge is -2.28. The second-order valence-corrected chi connectivity index (χ2v) is 8.45. The van der Waals surface area contributed by atoms with Gasteiger partial charge in [0.1, 0.15) is 5.75 Å². The Hall–Kier alpha value is -3.96. The van der Waals surface area contributed by atoms with E-state index >= 15 is 0 Å². The van der Waals surface area contributed by atoms with E-state index in [4.69, 9.17) is 37.4 Å². The summed E-state index contributed by atoms with van der Waals surface area (Å²) in [5, 5.41) is 19.3. The molecule has 0 radical (unpaired) electrons. The molecule has 0 bridgehead atoms. The Labute approximate surface area is 222 Å². The van der Waals surface area contributed by atoms with Gasteiger partial charge in [-0.3, -0.25) is 4.79 Å². The van der Waals surface area contributed by atoms with Crippen LogP contribution in [0.15, 0.2) is 46.7 Å². The maximum atomic E-state index is 12.5. The first kappa shape index (κ1) is 27.6. The monoisotopic (exact) mass is 550 g/mol. The van der Waals surface area contributed by atoms with Gasteiger partial charge in [0, 0.05) is 16.3 Å². The number of ether oxygens (including phenoxy) is 3. The second kappa shape index (κ2) is 12.3. The third-order valence-corrected chi connectivity index (χ3v) is 5.60. The predicted molar refractivity (Wildman–Crippen MR) is 136 cm³/mol. The number of carbonyl (C=O) groups excluding carboxylic acids is 3. The van der Waals surface area contributed by atoms with Crippen LogP contribution in [0.3, 0.4) is 0 Å². The number of hydrogen-bond acceptors (Lipinski definition) is 8. The lowest BCUT2D eigenvalue weighted by molar-refractivity contribution is -0.139. The van der Waals surface area contributed by atoms with Gasteiger partial charge in [-0.2, -0.15) is 5.10 Å². The SMILES string of the molecule is CCOC(=O)C1=C(C)NC(=O)N[C@H]1c1ccc(OCC(=O)N/N=C\c2cc(Cl)cc(Cl)c2O)c(OC)c1. The molecular formula is C24H24Cl2N4O7. The number of methoxy groups -OCH3 is 1. The number of benzene rings is 2. The molecule has 37 heavy (non-hydrogen) atoms. The molecule has 4 N–H and O–H groups in total. The minimum Gasteiger partial charge on any atom is -0.506 e. The number of hydrogen-bond donors (Lipinski definition) is 4. The summed E-state index contributed by atoms with van der Waals surface area (Å²) < 4.78 is 16.1. The average molecular weight is 551 g/mol. The molecule has 0 unspecified atom stereocenters. The fourth-order valence-corrected chi connectivity index (χ4v) is 3.95. The molecule has 2 aromatic carbocycles. The van der Waals surface area contributed by atoms with Crippen LogP contribution in [0.25, 0.3) is 0 Å². The lowest BCUT2D eigenvalue weighted by Crippen LogP contribution is -2.45. The molecule has 0 saturated carbocycles.